The topological polar surface area (TPSA) is 62.7 Å². The highest BCUT2D eigenvalue weighted by molar-refractivity contribution is 6.03. The van der Waals surface area contributed by atoms with Crippen LogP contribution in [0.3, 0.4) is 0 Å². The fraction of sp³-hybridized carbons (Fsp3) is 0.375. The van der Waals surface area contributed by atoms with Crippen LogP contribution in [0, 0.1) is 0 Å². The van der Waals surface area contributed by atoms with Gasteiger partial charge in [0.25, 0.3) is 0 Å². The number of fused-ring (bicyclic) bond motifs is 1. The molecule has 1 saturated heterocycles. The number of anilines is 1. The van der Waals surface area contributed by atoms with Gasteiger partial charge in [-0.3, -0.25) is 4.98 Å². The molecule has 1 aliphatic rings. The molecule has 110 valence electrons. The maximum atomic E-state index is 11.3. The smallest absolute Gasteiger partial charge is 0.336 e. The first-order valence-corrected chi connectivity index (χ1v) is 7.07. The number of aromatic carboxylic acids is 1. The lowest BCUT2D eigenvalue weighted by molar-refractivity contribution is -0.00521. The van der Waals surface area contributed by atoms with Gasteiger partial charge in [0.05, 0.1) is 23.3 Å². The van der Waals surface area contributed by atoms with Crippen molar-refractivity contribution in [1.29, 1.82) is 0 Å². The summed E-state index contributed by atoms with van der Waals surface area (Å²) in [6, 6.07) is 7.32. The van der Waals surface area contributed by atoms with Crippen LogP contribution in [0.5, 0.6) is 0 Å². The van der Waals surface area contributed by atoms with Crippen molar-refractivity contribution in [2.45, 2.75) is 26.1 Å². The Hall–Kier alpha value is -2.14. The number of aromatic nitrogens is 1. The number of carboxylic acid groups (broad SMARTS) is 1. The SMILES string of the molecule is C[C@@H]1CN(c2ccc3nccc(C(=O)O)c3c2)C[C@@H](C)O1. The molecule has 1 aliphatic heterocycles. The molecule has 5 nitrogen and oxygen atoms in total. The largest absolute Gasteiger partial charge is 0.478 e. The van der Waals surface area contributed by atoms with E-state index in [-0.39, 0.29) is 17.8 Å². The van der Waals surface area contributed by atoms with Gasteiger partial charge in [0, 0.05) is 30.4 Å². The zero-order chi connectivity index (χ0) is 15.0. The molecule has 21 heavy (non-hydrogen) atoms. The van der Waals surface area contributed by atoms with E-state index in [0.717, 1.165) is 18.8 Å². The molecule has 1 fully saturated rings. The molecular weight excluding hydrogens is 268 g/mol. The van der Waals surface area contributed by atoms with Gasteiger partial charge in [0.15, 0.2) is 0 Å². The van der Waals surface area contributed by atoms with Gasteiger partial charge in [-0.2, -0.15) is 0 Å². The van der Waals surface area contributed by atoms with Crippen LogP contribution in [0.2, 0.25) is 0 Å². The lowest BCUT2D eigenvalue weighted by Crippen LogP contribution is -2.45. The minimum absolute atomic E-state index is 0.164. The highest BCUT2D eigenvalue weighted by atomic mass is 16.5. The average molecular weight is 286 g/mol. The van der Waals surface area contributed by atoms with Crippen LogP contribution in [0.4, 0.5) is 5.69 Å². The molecule has 3 rings (SSSR count). The summed E-state index contributed by atoms with van der Waals surface area (Å²) >= 11 is 0. The van der Waals surface area contributed by atoms with E-state index < -0.39 is 5.97 Å². The number of pyridine rings is 1. The fourth-order valence-electron chi connectivity index (χ4n) is 2.91. The van der Waals surface area contributed by atoms with Crippen molar-refractivity contribution in [2.75, 3.05) is 18.0 Å². The molecule has 0 unspecified atom stereocenters. The van der Waals surface area contributed by atoms with Crippen molar-refractivity contribution in [3.63, 3.8) is 0 Å². The van der Waals surface area contributed by atoms with E-state index in [1.807, 2.05) is 32.0 Å². The predicted molar refractivity (Wildman–Crippen MR) is 80.9 cm³/mol. The van der Waals surface area contributed by atoms with Crippen LogP contribution in [0.1, 0.15) is 24.2 Å². The summed E-state index contributed by atoms with van der Waals surface area (Å²) in [5, 5.41) is 9.98. The third-order valence-corrected chi connectivity index (χ3v) is 3.74. The molecule has 0 aliphatic carbocycles. The van der Waals surface area contributed by atoms with E-state index in [9.17, 15) is 9.90 Å². The first-order chi connectivity index (χ1) is 10.0. The van der Waals surface area contributed by atoms with Gasteiger partial charge < -0.3 is 14.7 Å². The maximum Gasteiger partial charge on any atom is 0.336 e. The molecule has 2 atom stereocenters. The Kier molecular flexibility index (Phi) is 3.51. The van der Waals surface area contributed by atoms with Crippen molar-refractivity contribution in [1.82, 2.24) is 4.98 Å². The highest BCUT2D eigenvalue weighted by Crippen LogP contribution is 2.26. The number of carbonyl (C=O) groups is 1. The molecule has 0 radical (unpaired) electrons. The fourth-order valence-corrected chi connectivity index (χ4v) is 2.91. The number of morpholine rings is 1. The summed E-state index contributed by atoms with van der Waals surface area (Å²) in [4.78, 5) is 17.8. The number of hydrogen-bond acceptors (Lipinski definition) is 4. The van der Waals surface area contributed by atoms with Gasteiger partial charge in [-0.25, -0.2) is 4.79 Å². The predicted octanol–water partition coefficient (Wildman–Crippen LogP) is 2.55. The zero-order valence-electron chi connectivity index (χ0n) is 12.1. The number of nitrogens with zero attached hydrogens (tertiary/aromatic N) is 2. The number of benzene rings is 1. The van der Waals surface area contributed by atoms with Gasteiger partial charge in [-0.1, -0.05) is 0 Å². The first-order valence-electron chi connectivity index (χ1n) is 7.07. The van der Waals surface area contributed by atoms with E-state index in [1.54, 1.807) is 6.07 Å². The molecule has 0 bridgehead atoms. The Morgan fingerprint density at radius 1 is 1.29 bits per heavy atom. The molecule has 2 aromatic rings. The molecular formula is C16H18N2O3. The Labute approximate surface area is 123 Å². The summed E-state index contributed by atoms with van der Waals surface area (Å²) in [5.74, 6) is -0.928. The first kappa shape index (κ1) is 13.8. The van der Waals surface area contributed by atoms with Crippen LogP contribution >= 0.6 is 0 Å². The van der Waals surface area contributed by atoms with Crippen molar-refractivity contribution < 1.29 is 14.6 Å². The van der Waals surface area contributed by atoms with Gasteiger partial charge in [-0.15, -0.1) is 0 Å². The normalized spacial score (nSPS) is 22.5. The summed E-state index contributed by atoms with van der Waals surface area (Å²) in [7, 11) is 0. The maximum absolute atomic E-state index is 11.3. The van der Waals surface area contributed by atoms with Crippen molar-refractivity contribution in [2.24, 2.45) is 0 Å². The Balaban J connectivity index is 2.04. The second-order valence-corrected chi connectivity index (χ2v) is 5.53. The van der Waals surface area contributed by atoms with E-state index in [0.29, 0.717) is 10.9 Å². The van der Waals surface area contributed by atoms with Gasteiger partial charge in [0.2, 0.25) is 0 Å². The van der Waals surface area contributed by atoms with Crippen LogP contribution in [-0.2, 0) is 4.74 Å². The Morgan fingerprint density at radius 3 is 2.67 bits per heavy atom. The quantitative estimate of drug-likeness (QED) is 0.919. The molecule has 0 amide bonds. The Morgan fingerprint density at radius 2 is 2.00 bits per heavy atom. The third-order valence-electron chi connectivity index (χ3n) is 3.74. The lowest BCUT2D eigenvalue weighted by atomic mass is 10.1. The average Bonchev–Trinajstić information content (AvgIpc) is 2.44. The number of carboxylic acids is 1. The summed E-state index contributed by atoms with van der Waals surface area (Å²) in [5.41, 5.74) is 2.00. The third kappa shape index (κ3) is 2.69. The van der Waals surface area contributed by atoms with Crippen molar-refractivity contribution >= 4 is 22.6 Å². The van der Waals surface area contributed by atoms with Gasteiger partial charge in [-0.05, 0) is 38.1 Å². The van der Waals surface area contributed by atoms with Crippen LogP contribution < -0.4 is 4.90 Å². The molecule has 2 heterocycles. The zero-order valence-corrected chi connectivity index (χ0v) is 12.1. The summed E-state index contributed by atoms with van der Waals surface area (Å²) < 4.78 is 5.74. The van der Waals surface area contributed by atoms with E-state index in [2.05, 4.69) is 9.88 Å². The second kappa shape index (κ2) is 5.33. The molecule has 0 spiro atoms. The minimum atomic E-state index is -0.928. The van der Waals surface area contributed by atoms with Gasteiger partial charge in [0.1, 0.15) is 0 Å². The molecule has 1 aromatic heterocycles. The monoisotopic (exact) mass is 286 g/mol. The number of hydrogen-bond donors (Lipinski definition) is 1. The summed E-state index contributed by atoms with van der Waals surface area (Å²) in [6.07, 6.45) is 1.86. The van der Waals surface area contributed by atoms with E-state index in [1.165, 1.54) is 6.20 Å². The standard InChI is InChI=1S/C16H18N2O3/c1-10-8-18(9-11(2)21-10)12-3-4-15-14(7-12)13(16(19)20)5-6-17-15/h3-7,10-11H,8-9H2,1-2H3,(H,19,20)/t10-,11-/m1/s1. The number of ether oxygens (including phenoxy) is 1. The summed E-state index contributed by atoms with van der Waals surface area (Å²) in [6.45, 7) is 5.71. The van der Waals surface area contributed by atoms with Gasteiger partial charge >= 0.3 is 5.97 Å². The van der Waals surface area contributed by atoms with E-state index >= 15 is 0 Å². The molecule has 1 aromatic carbocycles. The van der Waals surface area contributed by atoms with Crippen LogP contribution in [-0.4, -0.2) is 41.4 Å². The van der Waals surface area contributed by atoms with Crippen molar-refractivity contribution in [3.8, 4) is 0 Å². The van der Waals surface area contributed by atoms with Crippen LogP contribution in [0.15, 0.2) is 30.5 Å². The van der Waals surface area contributed by atoms with Crippen LogP contribution in [0.25, 0.3) is 10.9 Å². The highest BCUT2D eigenvalue weighted by Gasteiger charge is 2.23. The second-order valence-electron chi connectivity index (χ2n) is 5.53. The van der Waals surface area contributed by atoms with E-state index in [4.69, 9.17) is 4.74 Å². The minimum Gasteiger partial charge on any atom is -0.478 e. The lowest BCUT2D eigenvalue weighted by Gasteiger charge is -2.37. The number of rotatable bonds is 2. The Bertz CT molecular complexity index is 676. The molecule has 5 heteroatoms. The molecule has 0 saturated carbocycles. The molecule has 1 N–H and O–H groups in total. The van der Waals surface area contributed by atoms with Crippen molar-refractivity contribution in [3.05, 3.63) is 36.0 Å².